The number of anilines is 1. The number of para-hydroxylation sites is 1. The molecule has 4 nitrogen and oxygen atoms in total. The van der Waals surface area contributed by atoms with Gasteiger partial charge in [0.05, 0.1) is 5.69 Å². The summed E-state index contributed by atoms with van der Waals surface area (Å²) in [5.41, 5.74) is 1.85. The van der Waals surface area contributed by atoms with Crippen LogP contribution in [0.2, 0.25) is 0 Å². The van der Waals surface area contributed by atoms with E-state index in [1.807, 2.05) is 37.3 Å². The zero-order chi connectivity index (χ0) is 11.4. The van der Waals surface area contributed by atoms with Crippen molar-refractivity contribution in [2.24, 2.45) is 0 Å². The Hall–Kier alpha value is -2.23. The van der Waals surface area contributed by atoms with Crippen LogP contribution in [0, 0.1) is 6.92 Å². The number of carbonyl (C=O) groups is 1. The molecule has 0 atom stereocenters. The van der Waals surface area contributed by atoms with Crippen molar-refractivity contribution in [1.82, 2.24) is 10.2 Å². The van der Waals surface area contributed by atoms with Gasteiger partial charge in [-0.3, -0.25) is 4.79 Å². The molecule has 1 amide bonds. The van der Waals surface area contributed by atoms with E-state index in [0.717, 1.165) is 11.4 Å². The Labute approximate surface area is 93.3 Å². The fraction of sp³-hybridized carbons (Fsp3) is 0.0833. The van der Waals surface area contributed by atoms with Crippen LogP contribution < -0.4 is 5.32 Å². The van der Waals surface area contributed by atoms with Gasteiger partial charge in [0.2, 0.25) is 0 Å². The number of benzene rings is 1. The van der Waals surface area contributed by atoms with Crippen LogP contribution in [0.15, 0.2) is 42.5 Å². The summed E-state index contributed by atoms with van der Waals surface area (Å²) < 4.78 is 0. The van der Waals surface area contributed by atoms with Crippen LogP contribution in [-0.2, 0) is 0 Å². The maximum Gasteiger partial charge on any atom is 0.276 e. The summed E-state index contributed by atoms with van der Waals surface area (Å²) in [5.74, 6) is -0.251. The van der Waals surface area contributed by atoms with Crippen molar-refractivity contribution in [1.29, 1.82) is 0 Å². The van der Waals surface area contributed by atoms with Crippen molar-refractivity contribution >= 4 is 11.6 Å². The van der Waals surface area contributed by atoms with E-state index in [-0.39, 0.29) is 5.91 Å². The third-order valence-corrected chi connectivity index (χ3v) is 2.06. The van der Waals surface area contributed by atoms with Gasteiger partial charge < -0.3 is 5.32 Å². The van der Waals surface area contributed by atoms with Crippen LogP contribution in [0.3, 0.4) is 0 Å². The standard InChI is InChI=1S/C12H11N3O/c1-9-7-8-11(15-14-9)12(16)13-10-5-3-2-4-6-10/h2-8H,1H3,(H,13,16). The summed E-state index contributed by atoms with van der Waals surface area (Å²) in [6, 6.07) is 12.7. The van der Waals surface area contributed by atoms with E-state index in [1.165, 1.54) is 0 Å². The van der Waals surface area contributed by atoms with Gasteiger partial charge in [-0.2, -0.15) is 5.10 Å². The lowest BCUT2D eigenvalue weighted by atomic mass is 10.3. The number of aryl methyl sites for hydroxylation is 1. The molecule has 0 aliphatic rings. The first-order valence-corrected chi connectivity index (χ1v) is 4.92. The van der Waals surface area contributed by atoms with Gasteiger partial charge in [0.1, 0.15) is 0 Å². The molecule has 1 heterocycles. The third kappa shape index (κ3) is 2.42. The number of amides is 1. The molecule has 0 aliphatic heterocycles. The van der Waals surface area contributed by atoms with Crippen molar-refractivity contribution in [3.63, 3.8) is 0 Å². The molecule has 1 aromatic heterocycles. The van der Waals surface area contributed by atoms with Gasteiger partial charge >= 0.3 is 0 Å². The summed E-state index contributed by atoms with van der Waals surface area (Å²) in [6.45, 7) is 1.83. The molecule has 0 radical (unpaired) electrons. The predicted molar refractivity (Wildman–Crippen MR) is 61.2 cm³/mol. The SMILES string of the molecule is Cc1ccc(C(=O)Nc2ccccc2)nn1. The van der Waals surface area contributed by atoms with Crippen LogP contribution in [0.4, 0.5) is 5.69 Å². The number of hydrogen-bond acceptors (Lipinski definition) is 3. The lowest BCUT2D eigenvalue weighted by Crippen LogP contribution is -2.14. The van der Waals surface area contributed by atoms with Gasteiger partial charge in [-0.1, -0.05) is 18.2 Å². The first-order valence-electron chi connectivity index (χ1n) is 4.92. The number of hydrogen-bond donors (Lipinski definition) is 1. The topological polar surface area (TPSA) is 54.9 Å². The zero-order valence-electron chi connectivity index (χ0n) is 8.84. The summed E-state index contributed by atoms with van der Waals surface area (Å²) in [5, 5.41) is 10.4. The average Bonchev–Trinajstić information content (AvgIpc) is 2.31. The number of rotatable bonds is 2. The Morgan fingerprint density at radius 2 is 1.81 bits per heavy atom. The van der Waals surface area contributed by atoms with E-state index in [2.05, 4.69) is 15.5 Å². The molecule has 0 aliphatic carbocycles. The molecule has 4 heteroatoms. The van der Waals surface area contributed by atoms with Gasteiger partial charge in [0, 0.05) is 5.69 Å². The minimum atomic E-state index is -0.251. The Morgan fingerprint density at radius 3 is 2.44 bits per heavy atom. The molecule has 1 N–H and O–H groups in total. The number of carbonyl (C=O) groups excluding carboxylic acids is 1. The molecule has 0 fully saturated rings. The van der Waals surface area contributed by atoms with Gasteiger partial charge in [0.25, 0.3) is 5.91 Å². The van der Waals surface area contributed by atoms with E-state index in [1.54, 1.807) is 12.1 Å². The largest absolute Gasteiger partial charge is 0.321 e. The smallest absolute Gasteiger partial charge is 0.276 e. The molecule has 0 spiro atoms. The molecule has 0 unspecified atom stereocenters. The van der Waals surface area contributed by atoms with E-state index in [4.69, 9.17) is 0 Å². The quantitative estimate of drug-likeness (QED) is 0.830. The van der Waals surface area contributed by atoms with Crippen LogP contribution in [0.1, 0.15) is 16.2 Å². The van der Waals surface area contributed by atoms with Crippen LogP contribution in [0.25, 0.3) is 0 Å². The Kier molecular flexibility index (Phi) is 2.91. The minimum Gasteiger partial charge on any atom is -0.321 e. The van der Waals surface area contributed by atoms with E-state index >= 15 is 0 Å². The third-order valence-electron chi connectivity index (χ3n) is 2.06. The summed E-state index contributed by atoms with van der Waals surface area (Å²) in [7, 11) is 0. The molecule has 0 bridgehead atoms. The molecule has 2 rings (SSSR count). The monoisotopic (exact) mass is 213 g/mol. The van der Waals surface area contributed by atoms with E-state index < -0.39 is 0 Å². The second kappa shape index (κ2) is 4.53. The average molecular weight is 213 g/mol. The molecule has 80 valence electrons. The van der Waals surface area contributed by atoms with Crippen molar-refractivity contribution < 1.29 is 4.79 Å². The van der Waals surface area contributed by atoms with Gasteiger partial charge in [-0.15, -0.1) is 5.10 Å². The van der Waals surface area contributed by atoms with Gasteiger partial charge in [-0.25, -0.2) is 0 Å². The zero-order valence-corrected chi connectivity index (χ0v) is 8.84. The molecule has 0 saturated heterocycles. The first kappa shape index (κ1) is 10.3. The number of aromatic nitrogens is 2. The van der Waals surface area contributed by atoms with Crippen molar-refractivity contribution in [3.05, 3.63) is 53.9 Å². The lowest BCUT2D eigenvalue weighted by Gasteiger charge is -2.03. The maximum absolute atomic E-state index is 11.7. The highest BCUT2D eigenvalue weighted by molar-refractivity contribution is 6.02. The summed E-state index contributed by atoms with van der Waals surface area (Å²) in [4.78, 5) is 11.7. The van der Waals surface area contributed by atoms with Crippen LogP contribution >= 0.6 is 0 Å². The Bertz CT molecular complexity index is 479. The maximum atomic E-state index is 11.7. The molecular formula is C12H11N3O. The molecule has 0 saturated carbocycles. The van der Waals surface area contributed by atoms with Gasteiger partial charge in [0.15, 0.2) is 5.69 Å². The van der Waals surface area contributed by atoms with Crippen LogP contribution in [-0.4, -0.2) is 16.1 Å². The van der Waals surface area contributed by atoms with Crippen molar-refractivity contribution in [2.45, 2.75) is 6.92 Å². The summed E-state index contributed by atoms with van der Waals surface area (Å²) >= 11 is 0. The second-order valence-corrected chi connectivity index (χ2v) is 3.38. The number of nitrogens with one attached hydrogen (secondary N) is 1. The van der Waals surface area contributed by atoms with Crippen LogP contribution in [0.5, 0.6) is 0 Å². The Balaban J connectivity index is 2.12. The highest BCUT2D eigenvalue weighted by Crippen LogP contribution is 2.06. The molecule has 1 aromatic carbocycles. The first-order chi connectivity index (χ1) is 7.75. The van der Waals surface area contributed by atoms with Crippen molar-refractivity contribution in [3.8, 4) is 0 Å². The Morgan fingerprint density at radius 1 is 1.06 bits per heavy atom. The molecular weight excluding hydrogens is 202 g/mol. The second-order valence-electron chi connectivity index (χ2n) is 3.38. The fourth-order valence-corrected chi connectivity index (χ4v) is 1.24. The molecule has 2 aromatic rings. The van der Waals surface area contributed by atoms with E-state index in [0.29, 0.717) is 5.69 Å². The predicted octanol–water partition coefficient (Wildman–Crippen LogP) is 2.04. The number of nitrogens with zero attached hydrogens (tertiary/aromatic N) is 2. The van der Waals surface area contributed by atoms with Gasteiger partial charge in [-0.05, 0) is 31.2 Å². The normalized spacial score (nSPS) is 9.81. The van der Waals surface area contributed by atoms with E-state index in [9.17, 15) is 4.79 Å². The molecule has 16 heavy (non-hydrogen) atoms. The van der Waals surface area contributed by atoms with Crippen molar-refractivity contribution in [2.75, 3.05) is 5.32 Å². The highest BCUT2D eigenvalue weighted by Gasteiger charge is 2.07. The minimum absolute atomic E-state index is 0.251. The lowest BCUT2D eigenvalue weighted by molar-refractivity contribution is 0.102. The fourth-order valence-electron chi connectivity index (χ4n) is 1.24. The highest BCUT2D eigenvalue weighted by atomic mass is 16.1. The summed E-state index contributed by atoms with van der Waals surface area (Å²) in [6.07, 6.45) is 0.